The van der Waals surface area contributed by atoms with Gasteiger partial charge in [0, 0.05) is 19.7 Å². The number of nitrogens with zero attached hydrogens (tertiary/aromatic N) is 2. The molecule has 0 aliphatic carbocycles. The van der Waals surface area contributed by atoms with E-state index in [1.807, 2.05) is 6.92 Å². The Bertz CT molecular complexity index is 208. The summed E-state index contributed by atoms with van der Waals surface area (Å²) in [6.45, 7) is 4.51. The molecule has 0 rings (SSSR count). The molecule has 17 heavy (non-hydrogen) atoms. The summed E-state index contributed by atoms with van der Waals surface area (Å²) in [5.41, 5.74) is 2.56. The summed E-state index contributed by atoms with van der Waals surface area (Å²) in [5.74, 6) is 6.01. The molecular weight excluding hydrogens is 218 g/mol. The first-order valence-electron chi connectivity index (χ1n) is 6.01. The summed E-state index contributed by atoms with van der Waals surface area (Å²) in [5, 5.41) is 3.15. The average Bonchev–Trinajstić information content (AvgIpc) is 2.27. The first kappa shape index (κ1) is 16.1. The fourth-order valence-electron chi connectivity index (χ4n) is 1.39. The zero-order chi connectivity index (χ0) is 13.1. The molecule has 0 saturated heterocycles. The predicted octanol–water partition coefficient (Wildman–Crippen LogP) is -0.228. The van der Waals surface area contributed by atoms with Crippen molar-refractivity contribution in [2.24, 2.45) is 10.8 Å². The van der Waals surface area contributed by atoms with E-state index < -0.39 is 0 Å². The molecule has 0 aromatic heterocycles. The number of aliphatic imine (C=N–C) groups is 1. The Morgan fingerprint density at radius 3 is 2.65 bits per heavy atom. The van der Waals surface area contributed by atoms with Gasteiger partial charge in [0.2, 0.25) is 5.96 Å². The van der Waals surface area contributed by atoms with Gasteiger partial charge in [0.15, 0.2) is 0 Å². The normalized spacial score (nSPS) is 13.9. The van der Waals surface area contributed by atoms with Gasteiger partial charge < -0.3 is 15.0 Å². The lowest BCUT2D eigenvalue weighted by Crippen LogP contribution is -2.46. The molecule has 0 bridgehead atoms. The van der Waals surface area contributed by atoms with Gasteiger partial charge in [-0.15, -0.1) is 0 Å². The lowest BCUT2D eigenvalue weighted by atomic mass is 10.3. The maximum Gasteiger partial charge on any atom is 0.206 e. The molecule has 0 heterocycles. The van der Waals surface area contributed by atoms with Gasteiger partial charge in [-0.25, -0.2) is 5.84 Å². The molecule has 0 radical (unpaired) electrons. The zero-order valence-electron chi connectivity index (χ0n) is 11.5. The topological polar surface area (TPSA) is 74.9 Å². The SMILES string of the molecule is COCC(C)NC(=NCCCCN(C)C)NN. The van der Waals surface area contributed by atoms with Crippen molar-refractivity contribution in [1.29, 1.82) is 0 Å². The van der Waals surface area contributed by atoms with E-state index in [0.717, 1.165) is 25.9 Å². The fraction of sp³-hybridized carbons (Fsp3) is 0.909. The number of nitrogens with one attached hydrogen (secondary N) is 2. The summed E-state index contributed by atoms with van der Waals surface area (Å²) < 4.78 is 5.03. The number of hydrogen-bond donors (Lipinski definition) is 3. The van der Waals surface area contributed by atoms with Gasteiger partial charge in [-0.2, -0.15) is 0 Å². The molecule has 0 aliphatic heterocycles. The van der Waals surface area contributed by atoms with Crippen molar-refractivity contribution in [2.75, 3.05) is 40.9 Å². The standard InChI is InChI=1S/C11H27N5O/c1-10(9-17-4)14-11(15-12)13-7-5-6-8-16(2)3/h10H,5-9,12H2,1-4H3,(H2,13,14,15). The highest BCUT2D eigenvalue weighted by atomic mass is 16.5. The van der Waals surface area contributed by atoms with E-state index in [-0.39, 0.29) is 6.04 Å². The van der Waals surface area contributed by atoms with E-state index in [4.69, 9.17) is 10.6 Å². The van der Waals surface area contributed by atoms with Crippen molar-refractivity contribution in [3.63, 3.8) is 0 Å². The number of ether oxygens (including phenoxy) is 1. The van der Waals surface area contributed by atoms with Crippen LogP contribution in [0.3, 0.4) is 0 Å². The molecule has 6 nitrogen and oxygen atoms in total. The lowest BCUT2D eigenvalue weighted by Gasteiger charge is -2.15. The van der Waals surface area contributed by atoms with Crippen LogP contribution in [0.1, 0.15) is 19.8 Å². The molecular formula is C11H27N5O. The zero-order valence-corrected chi connectivity index (χ0v) is 11.5. The minimum Gasteiger partial charge on any atom is -0.383 e. The van der Waals surface area contributed by atoms with Crippen LogP contribution in [0.5, 0.6) is 0 Å². The minimum absolute atomic E-state index is 0.191. The average molecular weight is 245 g/mol. The number of unbranched alkanes of at least 4 members (excludes halogenated alkanes) is 1. The molecule has 0 aromatic carbocycles. The van der Waals surface area contributed by atoms with Crippen LogP contribution < -0.4 is 16.6 Å². The molecule has 0 spiro atoms. The second-order valence-electron chi connectivity index (χ2n) is 4.39. The molecule has 0 saturated carbocycles. The van der Waals surface area contributed by atoms with Gasteiger partial charge in [0.25, 0.3) is 0 Å². The summed E-state index contributed by atoms with van der Waals surface area (Å²) in [6.07, 6.45) is 2.20. The Kier molecular flexibility index (Phi) is 9.80. The van der Waals surface area contributed by atoms with Crippen LogP contribution in [0.25, 0.3) is 0 Å². The monoisotopic (exact) mass is 245 g/mol. The van der Waals surface area contributed by atoms with E-state index in [9.17, 15) is 0 Å². The van der Waals surface area contributed by atoms with Crippen molar-refractivity contribution in [3.05, 3.63) is 0 Å². The quantitative estimate of drug-likeness (QED) is 0.181. The molecule has 0 amide bonds. The number of nitrogens with two attached hydrogens (primary N) is 1. The van der Waals surface area contributed by atoms with Gasteiger partial charge in [0.1, 0.15) is 0 Å². The number of hydrazine groups is 1. The van der Waals surface area contributed by atoms with Gasteiger partial charge in [0.05, 0.1) is 6.61 Å². The fourth-order valence-corrected chi connectivity index (χ4v) is 1.39. The van der Waals surface area contributed by atoms with E-state index in [2.05, 4.69) is 34.7 Å². The third-order valence-electron chi connectivity index (χ3n) is 2.22. The minimum atomic E-state index is 0.191. The third-order valence-corrected chi connectivity index (χ3v) is 2.22. The predicted molar refractivity (Wildman–Crippen MR) is 71.9 cm³/mol. The van der Waals surface area contributed by atoms with Gasteiger partial charge in [-0.3, -0.25) is 10.4 Å². The van der Waals surface area contributed by atoms with E-state index in [1.165, 1.54) is 0 Å². The third kappa shape index (κ3) is 10.0. The first-order chi connectivity index (χ1) is 8.10. The van der Waals surface area contributed by atoms with Gasteiger partial charge in [-0.1, -0.05) is 0 Å². The van der Waals surface area contributed by atoms with Crippen LogP contribution in [0.15, 0.2) is 4.99 Å². The van der Waals surface area contributed by atoms with Crippen molar-refractivity contribution in [1.82, 2.24) is 15.6 Å². The van der Waals surface area contributed by atoms with Crippen LogP contribution in [0, 0.1) is 0 Å². The van der Waals surface area contributed by atoms with E-state index >= 15 is 0 Å². The molecule has 1 atom stereocenters. The lowest BCUT2D eigenvalue weighted by molar-refractivity contribution is 0.179. The van der Waals surface area contributed by atoms with Crippen molar-refractivity contribution < 1.29 is 4.74 Å². The second-order valence-corrected chi connectivity index (χ2v) is 4.39. The molecule has 4 N–H and O–H groups in total. The van der Waals surface area contributed by atoms with Crippen molar-refractivity contribution >= 4 is 5.96 Å². The number of guanidine groups is 1. The summed E-state index contributed by atoms with van der Waals surface area (Å²) in [7, 11) is 5.82. The van der Waals surface area contributed by atoms with Crippen LogP contribution in [0.2, 0.25) is 0 Å². The Morgan fingerprint density at radius 2 is 2.12 bits per heavy atom. The Hall–Kier alpha value is -0.850. The Labute approximate surface area is 105 Å². The first-order valence-corrected chi connectivity index (χ1v) is 6.01. The van der Waals surface area contributed by atoms with Crippen LogP contribution in [-0.2, 0) is 4.74 Å². The van der Waals surface area contributed by atoms with E-state index in [0.29, 0.717) is 12.6 Å². The van der Waals surface area contributed by atoms with Gasteiger partial charge in [-0.05, 0) is 40.4 Å². The van der Waals surface area contributed by atoms with Crippen LogP contribution in [0.4, 0.5) is 0 Å². The maximum atomic E-state index is 5.39. The molecule has 102 valence electrons. The smallest absolute Gasteiger partial charge is 0.206 e. The largest absolute Gasteiger partial charge is 0.383 e. The van der Waals surface area contributed by atoms with Crippen LogP contribution in [-0.4, -0.2) is 57.8 Å². The molecule has 0 fully saturated rings. The second kappa shape index (κ2) is 10.3. The highest BCUT2D eigenvalue weighted by Crippen LogP contribution is 1.91. The van der Waals surface area contributed by atoms with Crippen LogP contribution >= 0.6 is 0 Å². The van der Waals surface area contributed by atoms with E-state index in [1.54, 1.807) is 7.11 Å². The van der Waals surface area contributed by atoms with Crippen molar-refractivity contribution in [2.45, 2.75) is 25.8 Å². The number of methoxy groups -OCH3 is 1. The molecule has 1 unspecified atom stereocenters. The number of hydrogen-bond acceptors (Lipinski definition) is 4. The Morgan fingerprint density at radius 1 is 1.41 bits per heavy atom. The summed E-state index contributed by atoms with van der Waals surface area (Å²) in [6, 6.07) is 0.191. The summed E-state index contributed by atoms with van der Waals surface area (Å²) >= 11 is 0. The number of rotatable bonds is 8. The summed E-state index contributed by atoms with van der Waals surface area (Å²) in [4.78, 5) is 6.53. The Balaban J connectivity index is 3.76. The highest BCUT2D eigenvalue weighted by Gasteiger charge is 2.03. The maximum absolute atomic E-state index is 5.39. The van der Waals surface area contributed by atoms with Crippen molar-refractivity contribution in [3.8, 4) is 0 Å². The molecule has 6 heteroatoms. The molecule has 0 aromatic rings. The van der Waals surface area contributed by atoms with Gasteiger partial charge >= 0.3 is 0 Å². The molecule has 0 aliphatic rings. The highest BCUT2D eigenvalue weighted by molar-refractivity contribution is 5.79.